The summed E-state index contributed by atoms with van der Waals surface area (Å²) in [6.07, 6.45) is 0.780. The van der Waals surface area contributed by atoms with E-state index in [4.69, 9.17) is 5.11 Å². The fourth-order valence-corrected chi connectivity index (χ4v) is 3.39. The van der Waals surface area contributed by atoms with Crippen molar-refractivity contribution in [1.82, 2.24) is 5.32 Å². The third kappa shape index (κ3) is 5.87. The van der Waals surface area contributed by atoms with Crippen molar-refractivity contribution in [1.29, 1.82) is 0 Å². The van der Waals surface area contributed by atoms with Gasteiger partial charge in [0.2, 0.25) is 15.9 Å². The third-order valence-electron chi connectivity index (χ3n) is 3.03. The van der Waals surface area contributed by atoms with Crippen LogP contribution in [0.4, 0.5) is 5.69 Å². The van der Waals surface area contributed by atoms with Crippen LogP contribution in [0.25, 0.3) is 0 Å². The number of aliphatic carboxylic acids is 1. The van der Waals surface area contributed by atoms with Crippen LogP contribution < -0.4 is 10.0 Å². The molecule has 1 heterocycles. The van der Waals surface area contributed by atoms with Crippen LogP contribution in [0.5, 0.6) is 0 Å². The summed E-state index contributed by atoms with van der Waals surface area (Å²) in [5.41, 5.74) is 1.70. The van der Waals surface area contributed by atoms with Crippen LogP contribution >= 0.6 is 11.8 Å². The number of carboxylic acids is 1. The first kappa shape index (κ1) is 18.9. The summed E-state index contributed by atoms with van der Waals surface area (Å²) in [5, 5.41) is 18.7. The quantitative estimate of drug-likeness (QED) is 0.491. The second kappa shape index (κ2) is 7.66. The summed E-state index contributed by atoms with van der Waals surface area (Å²) in [7, 11) is -3.34. The van der Waals surface area contributed by atoms with Crippen LogP contribution in [0.3, 0.4) is 0 Å². The molecule has 1 fully saturated rings. The lowest BCUT2D eigenvalue weighted by molar-refractivity contribution is -0.138. The zero-order valence-electron chi connectivity index (χ0n) is 13.4. The average molecular weight is 384 g/mol. The fourth-order valence-electron chi connectivity index (χ4n) is 1.92. The smallest absolute Gasteiger partial charge is 0.305 e. The highest BCUT2D eigenvalue weighted by molar-refractivity contribution is 8.15. The van der Waals surface area contributed by atoms with Gasteiger partial charge in [-0.15, -0.1) is 5.10 Å². The molecule has 25 heavy (non-hydrogen) atoms. The van der Waals surface area contributed by atoms with E-state index in [1.165, 1.54) is 0 Å². The van der Waals surface area contributed by atoms with Gasteiger partial charge in [0.15, 0.2) is 5.17 Å². The van der Waals surface area contributed by atoms with Crippen molar-refractivity contribution in [2.45, 2.75) is 18.6 Å². The summed E-state index contributed by atoms with van der Waals surface area (Å²) >= 11 is 1.02. The lowest BCUT2D eigenvalue weighted by atomic mass is 10.1. The Balaban J connectivity index is 2.06. The van der Waals surface area contributed by atoms with Gasteiger partial charge < -0.3 is 10.4 Å². The SMILES string of the molecule is C/C(=N/N=C1\NC(=O)C(CC(=O)O)S1)c1ccc(NS(C)(=O)=O)cc1. The number of amidine groups is 1. The highest BCUT2D eigenvalue weighted by Crippen LogP contribution is 2.22. The molecule has 0 saturated carbocycles. The summed E-state index contributed by atoms with van der Waals surface area (Å²) in [6.45, 7) is 1.71. The molecule has 9 nitrogen and oxygen atoms in total. The molecule has 0 radical (unpaired) electrons. The number of hydrogen-bond acceptors (Lipinski definition) is 7. The fraction of sp³-hybridized carbons (Fsp3) is 0.286. The molecule has 0 spiro atoms. The number of hydrogen-bond donors (Lipinski definition) is 3. The number of rotatable bonds is 6. The molecule has 1 saturated heterocycles. The van der Waals surface area contributed by atoms with Crippen molar-refractivity contribution < 1.29 is 23.1 Å². The summed E-state index contributed by atoms with van der Waals surface area (Å²) in [5.74, 6) is -1.47. The molecule has 1 aromatic carbocycles. The van der Waals surface area contributed by atoms with Crippen molar-refractivity contribution in [3.05, 3.63) is 29.8 Å². The second-order valence-electron chi connectivity index (χ2n) is 5.24. The van der Waals surface area contributed by atoms with Gasteiger partial charge in [-0.05, 0) is 24.6 Å². The van der Waals surface area contributed by atoms with Gasteiger partial charge in [-0.2, -0.15) is 5.10 Å². The lowest BCUT2D eigenvalue weighted by Crippen LogP contribution is -2.26. The summed E-state index contributed by atoms with van der Waals surface area (Å²) < 4.78 is 24.7. The van der Waals surface area contributed by atoms with Crippen LogP contribution in [0, 0.1) is 0 Å². The minimum atomic E-state index is -3.34. The number of nitrogens with one attached hydrogen (secondary N) is 2. The van der Waals surface area contributed by atoms with Crippen LogP contribution in [-0.4, -0.2) is 47.8 Å². The highest BCUT2D eigenvalue weighted by Gasteiger charge is 2.32. The second-order valence-corrected chi connectivity index (χ2v) is 8.18. The van der Waals surface area contributed by atoms with Crippen LogP contribution in [0.15, 0.2) is 34.5 Å². The Bertz CT molecular complexity index is 846. The molecule has 1 atom stereocenters. The molecule has 134 valence electrons. The van der Waals surface area contributed by atoms with Crippen LogP contribution in [-0.2, 0) is 19.6 Å². The number of carbonyl (C=O) groups excluding carboxylic acids is 1. The number of benzene rings is 1. The van der Waals surface area contributed by atoms with E-state index in [2.05, 4.69) is 20.2 Å². The van der Waals surface area contributed by atoms with Crippen molar-refractivity contribution in [3.8, 4) is 0 Å². The number of sulfonamides is 1. The predicted octanol–water partition coefficient (Wildman–Crippen LogP) is 0.844. The molecule has 0 bridgehead atoms. The Morgan fingerprint density at radius 3 is 2.56 bits per heavy atom. The summed E-state index contributed by atoms with van der Waals surface area (Å²) in [4.78, 5) is 22.3. The maximum absolute atomic E-state index is 11.6. The van der Waals surface area contributed by atoms with Gasteiger partial charge in [-0.1, -0.05) is 23.9 Å². The number of anilines is 1. The number of amides is 1. The monoisotopic (exact) mass is 384 g/mol. The Hall–Kier alpha value is -2.40. The first-order valence-electron chi connectivity index (χ1n) is 7.04. The third-order valence-corrected chi connectivity index (χ3v) is 4.71. The maximum atomic E-state index is 11.6. The predicted molar refractivity (Wildman–Crippen MR) is 96.3 cm³/mol. The Morgan fingerprint density at radius 2 is 2.00 bits per heavy atom. The highest BCUT2D eigenvalue weighted by atomic mass is 32.2. The lowest BCUT2D eigenvalue weighted by Gasteiger charge is -2.05. The molecular weight excluding hydrogens is 368 g/mol. The molecule has 1 aliphatic rings. The zero-order valence-corrected chi connectivity index (χ0v) is 15.0. The van der Waals surface area contributed by atoms with Gasteiger partial charge >= 0.3 is 5.97 Å². The van der Waals surface area contributed by atoms with Gasteiger partial charge in [0.1, 0.15) is 5.25 Å². The van der Waals surface area contributed by atoms with Gasteiger partial charge in [0, 0.05) is 5.69 Å². The largest absolute Gasteiger partial charge is 0.481 e. The van der Waals surface area contributed by atoms with Gasteiger partial charge in [-0.3, -0.25) is 14.3 Å². The average Bonchev–Trinajstić information content (AvgIpc) is 2.83. The molecular formula is C14H16N4O5S2. The van der Waals surface area contributed by atoms with E-state index in [9.17, 15) is 18.0 Å². The van der Waals surface area contributed by atoms with E-state index in [1.54, 1.807) is 31.2 Å². The van der Waals surface area contributed by atoms with E-state index in [0.29, 0.717) is 11.4 Å². The molecule has 3 N–H and O–H groups in total. The van der Waals surface area contributed by atoms with Gasteiger partial charge in [-0.25, -0.2) is 8.42 Å². The number of thioether (sulfide) groups is 1. The van der Waals surface area contributed by atoms with Crippen LogP contribution in [0.1, 0.15) is 18.9 Å². The minimum absolute atomic E-state index is 0.242. The number of carbonyl (C=O) groups is 2. The Kier molecular flexibility index (Phi) is 5.80. The maximum Gasteiger partial charge on any atom is 0.305 e. The molecule has 1 aliphatic heterocycles. The van der Waals surface area contributed by atoms with E-state index in [0.717, 1.165) is 23.6 Å². The van der Waals surface area contributed by atoms with Gasteiger partial charge in [0.25, 0.3) is 0 Å². The molecule has 1 unspecified atom stereocenters. The molecule has 11 heteroatoms. The van der Waals surface area contributed by atoms with E-state index in [1.807, 2.05) is 0 Å². The molecule has 1 amide bonds. The van der Waals surface area contributed by atoms with Crippen molar-refractivity contribution in [2.24, 2.45) is 10.2 Å². The number of carboxylic acid groups (broad SMARTS) is 1. The minimum Gasteiger partial charge on any atom is -0.481 e. The van der Waals surface area contributed by atoms with Gasteiger partial charge in [0.05, 0.1) is 18.4 Å². The van der Waals surface area contributed by atoms with E-state index >= 15 is 0 Å². The topological polar surface area (TPSA) is 137 Å². The van der Waals surface area contributed by atoms with E-state index in [-0.39, 0.29) is 11.6 Å². The molecule has 0 aromatic heterocycles. The molecule has 0 aliphatic carbocycles. The summed E-state index contributed by atoms with van der Waals surface area (Å²) in [6, 6.07) is 6.55. The first-order chi connectivity index (χ1) is 11.6. The van der Waals surface area contributed by atoms with Crippen molar-refractivity contribution in [2.75, 3.05) is 11.0 Å². The zero-order chi connectivity index (χ0) is 18.6. The normalized spacial score (nSPS) is 19.8. The standard InChI is InChI=1S/C14H16N4O5S2/c1-8(9-3-5-10(6-4-9)18-25(2,22)23)16-17-14-15-13(21)11(24-14)7-12(19)20/h3-6,11,18H,7H2,1-2H3,(H,19,20)(H,15,17,21)/b16-8-. The number of nitrogens with zero attached hydrogens (tertiary/aromatic N) is 2. The van der Waals surface area contributed by atoms with E-state index < -0.39 is 27.1 Å². The van der Waals surface area contributed by atoms with Crippen molar-refractivity contribution in [3.63, 3.8) is 0 Å². The molecule has 1 aromatic rings. The molecule has 2 rings (SSSR count). The first-order valence-corrected chi connectivity index (χ1v) is 9.81. The Morgan fingerprint density at radius 1 is 1.36 bits per heavy atom. The Labute approximate surface area is 148 Å². The van der Waals surface area contributed by atoms with Crippen LogP contribution in [0.2, 0.25) is 0 Å². The van der Waals surface area contributed by atoms with Crippen molar-refractivity contribution >= 4 is 50.2 Å².